The van der Waals surface area contributed by atoms with Crippen LogP contribution in [0.4, 0.5) is 0 Å². The number of hydrogen-bond donors (Lipinski definition) is 1. The molecule has 0 aliphatic heterocycles. The number of aromatic nitrogens is 1. The van der Waals surface area contributed by atoms with Crippen molar-refractivity contribution in [3.63, 3.8) is 0 Å². The van der Waals surface area contributed by atoms with E-state index in [1.165, 1.54) is 11.8 Å². The Morgan fingerprint density at radius 1 is 1.68 bits per heavy atom. The van der Waals surface area contributed by atoms with Crippen molar-refractivity contribution in [3.05, 3.63) is 50.4 Å². The van der Waals surface area contributed by atoms with Crippen LogP contribution in [0.2, 0.25) is 5.02 Å². The molecule has 0 unspecified atom stereocenters. The van der Waals surface area contributed by atoms with E-state index in [4.69, 9.17) is 11.6 Å². The van der Waals surface area contributed by atoms with Crippen LogP contribution in [-0.4, -0.2) is 28.5 Å². The van der Waals surface area contributed by atoms with E-state index in [-0.39, 0.29) is 0 Å². The lowest BCUT2D eigenvalue weighted by Crippen LogP contribution is -2.15. The summed E-state index contributed by atoms with van der Waals surface area (Å²) in [6.45, 7) is 0.662. The lowest BCUT2D eigenvalue weighted by molar-refractivity contribution is -0.403. The predicted molar refractivity (Wildman–Crippen MR) is 82.0 cm³/mol. The molecule has 19 heavy (non-hydrogen) atoms. The van der Waals surface area contributed by atoms with E-state index in [0.717, 1.165) is 23.4 Å². The Morgan fingerprint density at radius 3 is 3.11 bits per heavy atom. The smallest absolute Gasteiger partial charge is 0.263 e. The minimum Gasteiger partial charge on any atom is -0.374 e. The van der Waals surface area contributed by atoms with Crippen LogP contribution >= 0.6 is 35.1 Å². The molecule has 104 valence electrons. The van der Waals surface area contributed by atoms with E-state index in [9.17, 15) is 10.1 Å². The molecular formula is C11H14ClN3O2S2. The van der Waals surface area contributed by atoms with Crippen molar-refractivity contribution in [1.82, 2.24) is 10.3 Å². The third-order valence-corrected chi connectivity index (χ3v) is 4.07. The lowest BCUT2D eigenvalue weighted by Gasteiger charge is -2.06. The van der Waals surface area contributed by atoms with Crippen molar-refractivity contribution >= 4 is 35.1 Å². The Balaban J connectivity index is 2.25. The number of hydrogen-bond acceptors (Lipinski definition) is 6. The fraction of sp³-hybridized carbons (Fsp3) is 0.364. The average molecular weight is 320 g/mol. The van der Waals surface area contributed by atoms with Gasteiger partial charge in [0, 0.05) is 24.2 Å². The normalized spacial score (nSPS) is 11.4. The van der Waals surface area contributed by atoms with Gasteiger partial charge in [0.1, 0.15) is 5.03 Å². The summed E-state index contributed by atoms with van der Waals surface area (Å²) in [5, 5.41) is 14.6. The third-order valence-electron chi connectivity index (χ3n) is 2.06. The summed E-state index contributed by atoms with van der Waals surface area (Å²) < 4.78 is 0. The zero-order valence-electron chi connectivity index (χ0n) is 10.3. The summed E-state index contributed by atoms with van der Waals surface area (Å²) in [4.78, 5) is 14.1. The van der Waals surface area contributed by atoms with Gasteiger partial charge in [-0.3, -0.25) is 15.1 Å². The third kappa shape index (κ3) is 6.70. The highest BCUT2D eigenvalue weighted by molar-refractivity contribution is 8.02. The first-order valence-electron chi connectivity index (χ1n) is 5.43. The molecule has 0 saturated carbocycles. The van der Waals surface area contributed by atoms with Crippen LogP contribution in [0.25, 0.3) is 0 Å². The molecule has 0 saturated heterocycles. The highest BCUT2D eigenvalue weighted by Crippen LogP contribution is 2.18. The van der Waals surface area contributed by atoms with Crippen LogP contribution in [0.5, 0.6) is 0 Å². The lowest BCUT2D eigenvalue weighted by atomic mass is 10.4. The Hall–Kier alpha value is -0.920. The van der Waals surface area contributed by atoms with Gasteiger partial charge in [0.15, 0.2) is 0 Å². The van der Waals surface area contributed by atoms with Crippen molar-refractivity contribution in [2.24, 2.45) is 0 Å². The minimum atomic E-state index is -0.459. The first kappa shape index (κ1) is 16.1. The van der Waals surface area contributed by atoms with Gasteiger partial charge in [-0.15, -0.1) is 11.8 Å². The van der Waals surface area contributed by atoms with E-state index in [1.54, 1.807) is 30.3 Å². The molecule has 0 aromatic carbocycles. The van der Waals surface area contributed by atoms with Crippen LogP contribution in [0.3, 0.4) is 0 Å². The molecule has 1 aromatic rings. The number of halogens is 1. The molecule has 0 aliphatic carbocycles. The number of pyridine rings is 1. The molecule has 1 N–H and O–H groups in total. The van der Waals surface area contributed by atoms with Gasteiger partial charge in [-0.1, -0.05) is 11.6 Å². The minimum absolute atomic E-state index is 0.459. The van der Waals surface area contributed by atoms with E-state index in [0.29, 0.717) is 16.6 Å². The summed E-state index contributed by atoms with van der Waals surface area (Å²) in [5.41, 5.74) is 0.861. The second kappa shape index (κ2) is 9.06. The standard InChI is InChI=1S/C11H14ClN3O2S2/c1-18-11(7-15(16)17)14-5-6-19-8-10-9(12)3-2-4-13-10/h2-4,7,14H,5-6,8H2,1H3/b11-7+. The van der Waals surface area contributed by atoms with E-state index >= 15 is 0 Å². The maximum atomic E-state index is 10.3. The molecule has 1 heterocycles. The average Bonchev–Trinajstić information content (AvgIpc) is 2.38. The highest BCUT2D eigenvalue weighted by Gasteiger charge is 2.02. The van der Waals surface area contributed by atoms with Crippen molar-refractivity contribution in [2.75, 3.05) is 18.6 Å². The fourth-order valence-corrected chi connectivity index (χ4v) is 2.73. The second-order valence-electron chi connectivity index (χ2n) is 3.39. The van der Waals surface area contributed by atoms with Crippen LogP contribution in [0.1, 0.15) is 5.69 Å². The van der Waals surface area contributed by atoms with Crippen LogP contribution in [0.15, 0.2) is 29.6 Å². The van der Waals surface area contributed by atoms with Gasteiger partial charge in [-0.25, -0.2) is 0 Å². The number of thioether (sulfide) groups is 2. The van der Waals surface area contributed by atoms with Crippen molar-refractivity contribution < 1.29 is 4.92 Å². The molecule has 1 rings (SSSR count). The van der Waals surface area contributed by atoms with Gasteiger partial charge in [0.05, 0.1) is 15.6 Å². The van der Waals surface area contributed by atoms with Crippen molar-refractivity contribution in [1.29, 1.82) is 0 Å². The van der Waals surface area contributed by atoms with Gasteiger partial charge in [0.2, 0.25) is 0 Å². The molecule has 0 fully saturated rings. The van der Waals surface area contributed by atoms with E-state index < -0.39 is 4.92 Å². The summed E-state index contributed by atoms with van der Waals surface area (Å²) in [5.74, 6) is 1.55. The molecule has 1 aromatic heterocycles. The first-order chi connectivity index (χ1) is 9.13. The summed E-state index contributed by atoms with van der Waals surface area (Å²) in [6.07, 6.45) is 4.49. The summed E-state index contributed by atoms with van der Waals surface area (Å²) in [6, 6.07) is 3.61. The maximum Gasteiger partial charge on any atom is 0.263 e. The summed E-state index contributed by atoms with van der Waals surface area (Å²) >= 11 is 8.99. The Morgan fingerprint density at radius 2 is 2.47 bits per heavy atom. The molecule has 0 spiro atoms. The topological polar surface area (TPSA) is 68.1 Å². The maximum absolute atomic E-state index is 10.3. The van der Waals surface area contributed by atoms with Crippen LogP contribution < -0.4 is 5.32 Å². The van der Waals surface area contributed by atoms with Crippen LogP contribution in [0, 0.1) is 10.1 Å². The highest BCUT2D eigenvalue weighted by atomic mass is 35.5. The molecule has 0 bridgehead atoms. The zero-order valence-corrected chi connectivity index (χ0v) is 12.7. The first-order valence-corrected chi connectivity index (χ1v) is 8.19. The van der Waals surface area contributed by atoms with Gasteiger partial charge in [-0.05, 0) is 18.4 Å². The van der Waals surface area contributed by atoms with Crippen LogP contribution in [-0.2, 0) is 5.75 Å². The molecular weight excluding hydrogens is 306 g/mol. The Labute approximate surface area is 125 Å². The molecule has 0 aliphatic rings. The van der Waals surface area contributed by atoms with Gasteiger partial charge in [-0.2, -0.15) is 11.8 Å². The number of nitro groups is 1. The largest absolute Gasteiger partial charge is 0.374 e. The molecule has 0 radical (unpaired) electrons. The van der Waals surface area contributed by atoms with Crippen molar-refractivity contribution in [3.8, 4) is 0 Å². The zero-order chi connectivity index (χ0) is 14.1. The molecule has 0 amide bonds. The predicted octanol–water partition coefficient (Wildman–Crippen LogP) is 3.00. The second-order valence-corrected chi connectivity index (χ2v) is 5.75. The van der Waals surface area contributed by atoms with Crippen molar-refractivity contribution in [2.45, 2.75) is 5.75 Å². The Kier molecular flexibility index (Phi) is 7.69. The van der Waals surface area contributed by atoms with Gasteiger partial charge in [0.25, 0.3) is 6.20 Å². The fourth-order valence-electron chi connectivity index (χ4n) is 1.21. The number of nitrogens with one attached hydrogen (secondary N) is 1. The number of rotatable bonds is 8. The quantitative estimate of drug-likeness (QED) is 0.451. The SMILES string of the molecule is CS/C(=C/[N+](=O)[O-])NCCSCc1ncccc1Cl. The van der Waals surface area contributed by atoms with Gasteiger partial charge >= 0.3 is 0 Å². The molecule has 8 heteroatoms. The molecule has 0 atom stereocenters. The van der Waals surface area contributed by atoms with E-state index in [2.05, 4.69) is 10.3 Å². The summed E-state index contributed by atoms with van der Waals surface area (Å²) in [7, 11) is 0. The monoisotopic (exact) mass is 319 g/mol. The molecule has 5 nitrogen and oxygen atoms in total. The Bertz CT molecular complexity index is 457. The number of nitrogens with zero attached hydrogens (tertiary/aromatic N) is 2. The van der Waals surface area contributed by atoms with Gasteiger partial charge < -0.3 is 5.32 Å². The van der Waals surface area contributed by atoms with E-state index in [1.807, 2.05) is 6.07 Å².